The number of hydrogen-bond acceptors (Lipinski definition) is 4. The van der Waals surface area contributed by atoms with Gasteiger partial charge in [0.1, 0.15) is 11.5 Å². The lowest BCUT2D eigenvalue weighted by molar-refractivity contribution is -0.114. The number of anilines is 2. The zero-order valence-corrected chi connectivity index (χ0v) is 13.5. The molecular formula is C17H16F2N2O4. The van der Waals surface area contributed by atoms with Crippen LogP contribution < -0.4 is 20.1 Å². The molecule has 132 valence electrons. The van der Waals surface area contributed by atoms with E-state index >= 15 is 0 Å². The minimum Gasteiger partial charge on any atom is -0.495 e. The number of nitrogens with one attached hydrogen (secondary N) is 2. The van der Waals surface area contributed by atoms with Crippen molar-refractivity contribution in [2.45, 2.75) is 13.5 Å². The molecule has 6 nitrogen and oxygen atoms in total. The molecule has 0 bridgehead atoms. The summed E-state index contributed by atoms with van der Waals surface area (Å²) in [6, 6.07) is 10.0. The molecule has 0 radical (unpaired) electrons. The predicted octanol–water partition coefficient (Wildman–Crippen LogP) is 3.51. The zero-order chi connectivity index (χ0) is 18.4. The number of methoxy groups -OCH3 is 1. The molecule has 2 aromatic rings. The molecule has 0 atom stereocenters. The average Bonchev–Trinajstić information content (AvgIpc) is 2.54. The van der Waals surface area contributed by atoms with Crippen molar-refractivity contribution in [2.75, 3.05) is 17.7 Å². The lowest BCUT2D eigenvalue weighted by Crippen LogP contribution is -2.13. The first-order valence-electron chi connectivity index (χ1n) is 7.21. The highest BCUT2D eigenvalue weighted by atomic mass is 19.3. The highest BCUT2D eigenvalue weighted by Gasteiger charge is 2.12. The summed E-state index contributed by atoms with van der Waals surface area (Å²) in [4.78, 5) is 23.4. The molecule has 0 aliphatic rings. The van der Waals surface area contributed by atoms with Gasteiger partial charge in [-0.1, -0.05) is 0 Å². The van der Waals surface area contributed by atoms with Crippen molar-refractivity contribution in [1.82, 2.24) is 0 Å². The molecule has 25 heavy (non-hydrogen) atoms. The van der Waals surface area contributed by atoms with Crippen LogP contribution >= 0.6 is 0 Å². The van der Waals surface area contributed by atoms with Crippen molar-refractivity contribution < 1.29 is 27.8 Å². The van der Waals surface area contributed by atoms with Crippen LogP contribution in [0.4, 0.5) is 20.2 Å². The van der Waals surface area contributed by atoms with Crippen LogP contribution in [0.1, 0.15) is 17.3 Å². The summed E-state index contributed by atoms with van der Waals surface area (Å²) < 4.78 is 33.7. The fraction of sp³-hybridized carbons (Fsp3) is 0.176. The molecule has 0 saturated carbocycles. The summed E-state index contributed by atoms with van der Waals surface area (Å²) in [7, 11) is 1.44. The fourth-order valence-corrected chi connectivity index (χ4v) is 2.07. The maximum absolute atomic E-state index is 12.3. The normalized spacial score (nSPS) is 10.3. The van der Waals surface area contributed by atoms with Gasteiger partial charge in [0.25, 0.3) is 5.91 Å². The molecule has 2 aromatic carbocycles. The highest BCUT2D eigenvalue weighted by molar-refractivity contribution is 6.05. The lowest BCUT2D eigenvalue weighted by Gasteiger charge is -2.12. The van der Waals surface area contributed by atoms with Crippen LogP contribution in [-0.4, -0.2) is 25.5 Å². The van der Waals surface area contributed by atoms with Crippen LogP contribution in [-0.2, 0) is 4.79 Å². The van der Waals surface area contributed by atoms with Crippen molar-refractivity contribution >= 4 is 23.2 Å². The van der Waals surface area contributed by atoms with Gasteiger partial charge in [0.15, 0.2) is 0 Å². The largest absolute Gasteiger partial charge is 0.495 e. The maximum Gasteiger partial charge on any atom is 0.387 e. The van der Waals surface area contributed by atoms with Gasteiger partial charge < -0.3 is 20.1 Å². The Morgan fingerprint density at radius 2 is 1.72 bits per heavy atom. The molecule has 0 heterocycles. The monoisotopic (exact) mass is 350 g/mol. The van der Waals surface area contributed by atoms with E-state index in [1.807, 2.05) is 0 Å². The molecule has 2 N–H and O–H groups in total. The first-order valence-corrected chi connectivity index (χ1v) is 7.21. The summed E-state index contributed by atoms with van der Waals surface area (Å²) >= 11 is 0. The Bertz CT molecular complexity index is 764. The van der Waals surface area contributed by atoms with Crippen molar-refractivity contribution in [3.63, 3.8) is 0 Å². The third-order valence-corrected chi connectivity index (χ3v) is 3.11. The summed E-state index contributed by atoms with van der Waals surface area (Å²) in [5.41, 5.74) is 1.09. The van der Waals surface area contributed by atoms with Gasteiger partial charge in [-0.15, -0.1) is 0 Å². The lowest BCUT2D eigenvalue weighted by atomic mass is 10.2. The SMILES string of the molecule is COc1ccc(NC(C)=O)cc1NC(=O)c1ccc(OC(F)F)cc1. The van der Waals surface area contributed by atoms with E-state index in [0.717, 1.165) is 0 Å². The van der Waals surface area contributed by atoms with Gasteiger partial charge in [-0.3, -0.25) is 9.59 Å². The number of amides is 2. The van der Waals surface area contributed by atoms with E-state index < -0.39 is 12.5 Å². The molecule has 2 rings (SSSR count). The number of benzene rings is 2. The second kappa shape index (κ2) is 8.09. The summed E-state index contributed by atoms with van der Waals surface area (Å²) in [6.45, 7) is -1.56. The topological polar surface area (TPSA) is 76.7 Å². The number of halogens is 2. The second-order valence-electron chi connectivity index (χ2n) is 4.95. The van der Waals surface area contributed by atoms with Crippen LogP contribution in [0.25, 0.3) is 0 Å². The summed E-state index contributed by atoms with van der Waals surface area (Å²) in [5, 5.41) is 5.25. The number of carbonyl (C=O) groups excluding carboxylic acids is 2. The average molecular weight is 350 g/mol. The Labute approximate surface area is 142 Å². The Kier molecular flexibility index (Phi) is 5.89. The van der Waals surface area contributed by atoms with Crippen LogP contribution in [0.15, 0.2) is 42.5 Å². The smallest absolute Gasteiger partial charge is 0.387 e. The number of rotatable bonds is 6. The first kappa shape index (κ1) is 18.2. The maximum atomic E-state index is 12.3. The van der Waals surface area contributed by atoms with Gasteiger partial charge >= 0.3 is 6.61 Å². The standard InChI is InChI=1S/C17H16F2N2O4/c1-10(22)20-12-5-8-15(24-2)14(9-12)21-16(23)11-3-6-13(7-4-11)25-17(18)19/h3-9,17H,1-2H3,(H,20,22)(H,21,23). The quantitative estimate of drug-likeness (QED) is 0.836. The van der Waals surface area contributed by atoms with Crippen LogP contribution in [0.2, 0.25) is 0 Å². The number of alkyl halides is 2. The second-order valence-corrected chi connectivity index (χ2v) is 4.95. The van der Waals surface area contributed by atoms with Gasteiger partial charge in [0.2, 0.25) is 5.91 Å². The van der Waals surface area contributed by atoms with E-state index in [2.05, 4.69) is 15.4 Å². The number of carbonyl (C=O) groups is 2. The van der Waals surface area contributed by atoms with Crippen molar-refractivity contribution in [1.29, 1.82) is 0 Å². The van der Waals surface area contributed by atoms with Gasteiger partial charge in [-0.25, -0.2) is 0 Å². The van der Waals surface area contributed by atoms with E-state index in [9.17, 15) is 18.4 Å². The predicted molar refractivity (Wildman–Crippen MR) is 88.3 cm³/mol. The van der Waals surface area contributed by atoms with Crippen molar-refractivity contribution in [3.8, 4) is 11.5 Å². The fourth-order valence-electron chi connectivity index (χ4n) is 2.07. The third-order valence-electron chi connectivity index (χ3n) is 3.11. The molecule has 2 amide bonds. The third kappa shape index (κ3) is 5.17. The Morgan fingerprint density at radius 1 is 1.04 bits per heavy atom. The zero-order valence-electron chi connectivity index (χ0n) is 13.5. The molecule has 0 aliphatic carbocycles. The molecular weight excluding hydrogens is 334 g/mol. The Hall–Kier alpha value is -3.16. The number of ether oxygens (including phenoxy) is 2. The van der Waals surface area contributed by atoms with Crippen molar-refractivity contribution in [2.24, 2.45) is 0 Å². The van der Waals surface area contributed by atoms with Gasteiger partial charge in [-0.2, -0.15) is 8.78 Å². The van der Waals surface area contributed by atoms with Crippen LogP contribution in [0.3, 0.4) is 0 Å². The van der Waals surface area contributed by atoms with Crippen LogP contribution in [0.5, 0.6) is 11.5 Å². The Morgan fingerprint density at radius 3 is 2.28 bits per heavy atom. The molecule has 8 heteroatoms. The number of hydrogen-bond donors (Lipinski definition) is 2. The molecule has 0 aliphatic heterocycles. The van der Waals surface area contributed by atoms with Gasteiger partial charge in [0.05, 0.1) is 12.8 Å². The minimum atomic E-state index is -2.93. The van der Waals surface area contributed by atoms with Crippen LogP contribution in [0, 0.1) is 0 Å². The first-order chi connectivity index (χ1) is 11.9. The van der Waals surface area contributed by atoms with Crippen molar-refractivity contribution in [3.05, 3.63) is 48.0 Å². The highest BCUT2D eigenvalue weighted by Crippen LogP contribution is 2.28. The molecule has 0 fully saturated rings. The molecule has 0 saturated heterocycles. The van der Waals surface area contributed by atoms with E-state index in [1.165, 1.54) is 38.3 Å². The summed E-state index contributed by atoms with van der Waals surface area (Å²) in [6.07, 6.45) is 0. The van der Waals surface area contributed by atoms with E-state index in [0.29, 0.717) is 17.1 Å². The van der Waals surface area contributed by atoms with E-state index in [1.54, 1.807) is 18.2 Å². The minimum absolute atomic E-state index is 0.0446. The molecule has 0 spiro atoms. The summed E-state index contributed by atoms with van der Waals surface area (Å²) in [5.74, 6) is -0.365. The van der Waals surface area contributed by atoms with Gasteiger partial charge in [-0.05, 0) is 42.5 Å². The van der Waals surface area contributed by atoms with E-state index in [-0.39, 0.29) is 17.2 Å². The Balaban J connectivity index is 2.17. The van der Waals surface area contributed by atoms with Gasteiger partial charge in [0, 0.05) is 18.2 Å². The van der Waals surface area contributed by atoms with E-state index in [4.69, 9.17) is 4.74 Å². The molecule has 0 aromatic heterocycles. The molecule has 0 unspecified atom stereocenters.